The van der Waals surface area contributed by atoms with Crippen molar-refractivity contribution in [3.05, 3.63) is 88.2 Å². The molecule has 188 valence electrons. The fraction of sp³-hybridized carbons (Fsp3) is 0.0769. The minimum atomic E-state index is -0.992. The SMILES string of the molecule is COc1cc(/C=C2\C(=O)NC(=O)N(c3cccc(F)c3)C2=O)cc(Br)c1OCC(=O)Nc1ccccc1. The van der Waals surface area contributed by atoms with Crippen molar-refractivity contribution in [1.82, 2.24) is 5.32 Å². The Morgan fingerprint density at radius 2 is 1.84 bits per heavy atom. The van der Waals surface area contributed by atoms with Crippen LogP contribution in [0.5, 0.6) is 11.5 Å². The van der Waals surface area contributed by atoms with E-state index in [9.17, 15) is 23.6 Å². The zero-order valence-corrected chi connectivity index (χ0v) is 20.9. The first kappa shape index (κ1) is 25.6. The second-order valence-corrected chi connectivity index (χ2v) is 8.53. The first-order valence-corrected chi connectivity index (χ1v) is 11.6. The largest absolute Gasteiger partial charge is 0.493 e. The van der Waals surface area contributed by atoms with Crippen molar-refractivity contribution in [3.8, 4) is 11.5 Å². The molecule has 0 aromatic heterocycles. The molecule has 2 N–H and O–H groups in total. The zero-order valence-electron chi connectivity index (χ0n) is 19.3. The van der Waals surface area contributed by atoms with E-state index in [2.05, 4.69) is 26.6 Å². The van der Waals surface area contributed by atoms with Crippen molar-refractivity contribution < 1.29 is 33.0 Å². The molecule has 3 aromatic carbocycles. The molecular weight excluding hydrogens is 549 g/mol. The number of carbonyl (C=O) groups is 4. The molecular formula is C26H19BrFN3O6. The molecule has 0 aliphatic carbocycles. The summed E-state index contributed by atoms with van der Waals surface area (Å²) in [6.07, 6.45) is 1.26. The smallest absolute Gasteiger partial charge is 0.335 e. The lowest BCUT2D eigenvalue weighted by Crippen LogP contribution is -2.54. The van der Waals surface area contributed by atoms with Crippen molar-refractivity contribution in [1.29, 1.82) is 0 Å². The predicted molar refractivity (Wildman–Crippen MR) is 137 cm³/mol. The number of barbiturate groups is 1. The van der Waals surface area contributed by atoms with Gasteiger partial charge in [0.15, 0.2) is 18.1 Å². The number of benzene rings is 3. The summed E-state index contributed by atoms with van der Waals surface area (Å²) in [4.78, 5) is 50.7. The average Bonchev–Trinajstić information content (AvgIpc) is 2.86. The topological polar surface area (TPSA) is 114 Å². The quantitative estimate of drug-likeness (QED) is 0.325. The van der Waals surface area contributed by atoms with Gasteiger partial charge in [0.2, 0.25) is 0 Å². The van der Waals surface area contributed by atoms with Gasteiger partial charge in [-0.25, -0.2) is 14.1 Å². The monoisotopic (exact) mass is 567 g/mol. The number of hydrogen-bond donors (Lipinski definition) is 2. The van der Waals surface area contributed by atoms with Crippen molar-refractivity contribution in [2.24, 2.45) is 0 Å². The van der Waals surface area contributed by atoms with Crippen LogP contribution in [-0.2, 0) is 14.4 Å². The molecule has 0 radical (unpaired) electrons. The van der Waals surface area contributed by atoms with Gasteiger partial charge in [-0.2, -0.15) is 0 Å². The molecule has 11 heteroatoms. The van der Waals surface area contributed by atoms with Crippen LogP contribution in [-0.4, -0.2) is 37.5 Å². The van der Waals surface area contributed by atoms with Gasteiger partial charge in [0.25, 0.3) is 17.7 Å². The van der Waals surface area contributed by atoms with E-state index >= 15 is 0 Å². The summed E-state index contributed by atoms with van der Waals surface area (Å²) in [6.45, 7) is -0.310. The zero-order chi connectivity index (χ0) is 26.5. The average molecular weight is 568 g/mol. The highest BCUT2D eigenvalue weighted by Gasteiger charge is 2.37. The summed E-state index contributed by atoms with van der Waals surface area (Å²) in [6, 6.07) is 15.8. The van der Waals surface area contributed by atoms with Crippen LogP contribution in [0.1, 0.15) is 5.56 Å². The fourth-order valence-corrected chi connectivity index (χ4v) is 4.07. The van der Waals surface area contributed by atoms with Gasteiger partial charge in [0.1, 0.15) is 11.4 Å². The minimum Gasteiger partial charge on any atom is -0.493 e. The standard InChI is InChI=1S/C26H19BrFN3O6/c1-36-21-12-15(11-20(27)23(21)37-14-22(32)29-17-7-3-2-4-8-17)10-19-24(33)30-26(35)31(25(19)34)18-9-5-6-16(28)13-18/h2-13H,14H2,1H3,(H,29,32)(H,30,33,35)/b19-10+. The van der Waals surface area contributed by atoms with E-state index in [0.717, 1.165) is 12.1 Å². The third-order valence-corrected chi connectivity index (χ3v) is 5.73. The Hall–Kier alpha value is -4.51. The molecule has 1 fully saturated rings. The molecule has 37 heavy (non-hydrogen) atoms. The van der Waals surface area contributed by atoms with Crippen LogP contribution in [0, 0.1) is 5.82 Å². The molecule has 0 saturated carbocycles. The number of methoxy groups -OCH3 is 1. The lowest BCUT2D eigenvalue weighted by molar-refractivity contribution is -0.122. The normalized spacial score (nSPS) is 14.4. The second kappa shape index (κ2) is 11.0. The number of anilines is 2. The van der Waals surface area contributed by atoms with Gasteiger partial charge >= 0.3 is 6.03 Å². The van der Waals surface area contributed by atoms with Gasteiger partial charge in [0.05, 0.1) is 17.3 Å². The maximum Gasteiger partial charge on any atom is 0.335 e. The number of para-hydroxylation sites is 1. The molecule has 9 nitrogen and oxygen atoms in total. The van der Waals surface area contributed by atoms with Crippen LogP contribution in [0.25, 0.3) is 6.08 Å². The number of halogens is 2. The van der Waals surface area contributed by atoms with Crippen LogP contribution in [0.3, 0.4) is 0 Å². The minimum absolute atomic E-state index is 0.0304. The van der Waals surface area contributed by atoms with Crippen molar-refractivity contribution in [3.63, 3.8) is 0 Å². The van der Waals surface area contributed by atoms with E-state index in [4.69, 9.17) is 9.47 Å². The van der Waals surface area contributed by atoms with Gasteiger partial charge in [-0.05, 0) is 70.0 Å². The van der Waals surface area contributed by atoms with Gasteiger partial charge < -0.3 is 14.8 Å². The van der Waals surface area contributed by atoms with Crippen molar-refractivity contribution in [2.45, 2.75) is 0 Å². The Labute approximate surface area is 219 Å². The Balaban J connectivity index is 1.57. The molecule has 0 spiro atoms. The summed E-state index contributed by atoms with van der Waals surface area (Å²) in [5, 5.41) is 4.78. The molecule has 1 aliphatic heterocycles. The number of nitrogens with one attached hydrogen (secondary N) is 2. The predicted octanol–water partition coefficient (Wildman–Crippen LogP) is 4.28. The molecule has 1 heterocycles. The fourth-order valence-electron chi connectivity index (χ4n) is 3.49. The summed E-state index contributed by atoms with van der Waals surface area (Å²) in [5.74, 6) is -2.43. The van der Waals surface area contributed by atoms with Crippen LogP contribution < -0.4 is 25.0 Å². The van der Waals surface area contributed by atoms with Crippen LogP contribution >= 0.6 is 15.9 Å². The molecule has 0 atom stereocenters. The third kappa shape index (κ3) is 5.84. The molecule has 1 aliphatic rings. The highest BCUT2D eigenvalue weighted by molar-refractivity contribution is 9.10. The van der Waals surface area contributed by atoms with Crippen molar-refractivity contribution in [2.75, 3.05) is 23.9 Å². The van der Waals surface area contributed by atoms with Gasteiger partial charge in [-0.3, -0.25) is 19.7 Å². The lowest BCUT2D eigenvalue weighted by atomic mass is 10.1. The summed E-state index contributed by atoms with van der Waals surface area (Å²) >= 11 is 3.36. The number of amides is 5. The number of nitrogens with zero attached hydrogens (tertiary/aromatic N) is 1. The molecule has 5 amide bonds. The molecule has 0 unspecified atom stereocenters. The summed E-state index contributed by atoms with van der Waals surface area (Å²) in [7, 11) is 1.39. The summed E-state index contributed by atoms with van der Waals surface area (Å²) in [5.41, 5.74) is 0.591. The highest BCUT2D eigenvalue weighted by atomic mass is 79.9. The Kier molecular flexibility index (Phi) is 7.63. The van der Waals surface area contributed by atoms with E-state index in [1.54, 1.807) is 30.3 Å². The van der Waals surface area contributed by atoms with Crippen molar-refractivity contribution >= 4 is 57.1 Å². The van der Waals surface area contributed by atoms with Crippen LogP contribution in [0.4, 0.5) is 20.6 Å². The Morgan fingerprint density at radius 3 is 2.54 bits per heavy atom. The van der Waals surface area contributed by atoms with Gasteiger partial charge in [0, 0.05) is 5.69 Å². The maximum absolute atomic E-state index is 13.7. The van der Waals surface area contributed by atoms with Crippen LogP contribution in [0.2, 0.25) is 0 Å². The summed E-state index contributed by atoms with van der Waals surface area (Å²) < 4.78 is 25.1. The molecule has 1 saturated heterocycles. The highest BCUT2D eigenvalue weighted by Crippen LogP contribution is 2.37. The van der Waals surface area contributed by atoms with Gasteiger partial charge in [-0.1, -0.05) is 24.3 Å². The molecule has 3 aromatic rings. The number of imide groups is 2. The van der Waals surface area contributed by atoms with E-state index in [1.807, 2.05) is 6.07 Å². The van der Waals surface area contributed by atoms with E-state index in [1.165, 1.54) is 31.4 Å². The lowest BCUT2D eigenvalue weighted by Gasteiger charge is -2.26. The molecule has 0 bridgehead atoms. The number of urea groups is 1. The molecule has 4 rings (SSSR count). The number of carbonyl (C=O) groups excluding carboxylic acids is 4. The van der Waals surface area contributed by atoms with E-state index in [-0.39, 0.29) is 29.4 Å². The number of hydrogen-bond acceptors (Lipinski definition) is 6. The number of rotatable bonds is 7. The Bertz CT molecular complexity index is 1430. The second-order valence-electron chi connectivity index (χ2n) is 7.67. The van der Waals surface area contributed by atoms with Crippen LogP contribution in [0.15, 0.2) is 76.8 Å². The Morgan fingerprint density at radius 1 is 1.08 bits per heavy atom. The number of ether oxygens (including phenoxy) is 2. The van der Waals surface area contributed by atoms with E-state index in [0.29, 0.717) is 20.6 Å². The first-order valence-electron chi connectivity index (χ1n) is 10.8. The first-order chi connectivity index (χ1) is 17.8. The van der Waals surface area contributed by atoms with Gasteiger partial charge in [-0.15, -0.1) is 0 Å². The third-order valence-electron chi connectivity index (χ3n) is 5.14. The van der Waals surface area contributed by atoms with E-state index < -0.39 is 29.6 Å². The maximum atomic E-state index is 13.7.